The molecule has 0 amide bonds. The monoisotopic (exact) mass is 149 g/mol. The van der Waals surface area contributed by atoms with E-state index in [0.29, 0.717) is 18.3 Å². The van der Waals surface area contributed by atoms with E-state index in [0.717, 1.165) is 11.4 Å². The van der Waals surface area contributed by atoms with Crippen LogP contribution < -0.4 is 5.73 Å². The number of aliphatic imine (C=N–C) groups is 2. The zero-order valence-electron chi connectivity index (χ0n) is 6.38. The van der Waals surface area contributed by atoms with Crippen molar-refractivity contribution in [1.29, 1.82) is 0 Å². The second kappa shape index (κ2) is 2.19. The lowest BCUT2D eigenvalue weighted by molar-refractivity contribution is 1.08. The maximum atomic E-state index is 5.55. The maximum Gasteiger partial charge on any atom is 0.130 e. The molecule has 1 aliphatic heterocycles. The lowest BCUT2D eigenvalue weighted by Gasteiger charge is -2.00. The minimum atomic E-state index is 0.553. The van der Waals surface area contributed by atoms with E-state index in [1.54, 1.807) is 0 Å². The van der Waals surface area contributed by atoms with Gasteiger partial charge in [-0.3, -0.25) is 9.98 Å². The molecule has 0 saturated heterocycles. The predicted octanol–water partition coefficient (Wildman–Crippen LogP) is 0.722. The predicted molar refractivity (Wildman–Crippen MR) is 45.8 cm³/mol. The molecule has 3 nitrogen and oxygen atoms in total. The summed E-state index contributed by atoms with van der Waals surface area (Å²) in [7, 11) is 0. The van der Waals surface area contributed by atoms with Crippen LogP contribution in [0.3, 0.4) is 0 Å². The lowest BCUT2D eigenvalue weighted by Crippen LogP contribution is -2.19. The van der Waals surface area contributed by atoms with E-state index in [4.69, 9.17) is 5.73 Å². The summed E-state index contributed by atoms with van der Waals surface area (Å²) in [6, 6.07) is 0. The number of nitrogens with two attached hydrogens (primary N) is 1. The standard InChI is InChI=1S/C8H11N3/c1-5(9)7-8(6-2-3-6)11-4-10-7/h6H,1-4,9H2. The van der Waals surface area contributed by atoms with E-state index in [9.17, 15) is 0 Å². The van der Waals surface area contributed by atoms with Crippen LogP contribution in [-0.4, -0.2) is 18.1 Å². The Balaban J connectivity index is 2.21. The Kier molecular flexibility index (Phi) is 1.31. The van der Waals surface area contributed by atoms with Crippen molar-refractivity contribution in [3.63, 3.8) is 0 Å². The molecule has 0 aromatic carbocycles. The van der Waals surface area contributed by atoms with Gasteiger partial charge in [0.15, 0.2) is 0 Å². The lowest BCUT2D eigenvalue weighted by atomic mass is 10.1. The average molecular weight is 149 g/mol. The first-order chi connectivity index (χ1) is 5.29. The molecule has 3 heteroatoms. The molecule has 1 heterocycles. The number of rotatable bonds is 2. The van der Waals surface area contributed by atoms with Gasteiger partial charge in [-0.25, -0.2) is 0 Å². The third kappa shape index (κ3) is 1.06. The van der Waals surface area contributed by atoms with Crippen LogP contribution in [0.5, 0.6) is 0 Å². The van der Waals surface area contributed by atoms with Crippen LogP contribution in [0.25, 0.3) is 0 Å². The molecule has 0 unspecified atom stereocenters. The Morgan fingerprint density at radius 2 is 2.18 bits per heavy atom. The van der Waals surface area contributed by atoms with Crippen molar-refractivity contribution in [2.24, 2.45) is 21.6 Å². The van der Waals surface area contributed by atoms with Crippen LogP contribution in [-0.2, 0) is 0 Å². The molecule has 0 aromatic heterocycles. The van der Waals surface area contributed by atoms with Crippen molar-refractivity contribution in [2.45, 2.75) is 12.8 Å². The van der Waals surface area contributed by atoms with Crippen LogP contribution >= 0.6 is 0 Å². The average Bonchev–Trinajstić information content (AvgIpc) is 2.68. The molecule has 2 rings (SSSR count). The van der Waals surface area contributed by atoms with Crippen LogP contribution in [0, 0.1) is 5.92 Å². The smallest absolute Gasteiger partial charge is 0.130 e. The van der Waals surface area contributed by atoms with Gasteiger partial charge in [0, 0.05) is 5.92 Å². The van der Waals surface area contributed by atoms with E-state index >= 15 is 0 Å². The summed E-state index contributed by atoms with van der Waals surface area (Å²) >= 11 is 0. The van der Waals surface area contributed by atoms with Gasteiger partial charge in [0.25, 0.3) is 0 Å². The second-order valence-electron chi connectivity index (χ2n) is 2.99. The van der Waals surface area contributed by atoms with Gasteiger partial charge in [-0.2, -0.15) is 0 Å². The molecule has 1 aliphatic carbocycles. The van der Waals surface area contributed by atoms with Gasteiger partial charge in [0.2, 0.25) is 0 Å². The van der Waals surface area contributed by atoms with Gasteiger partial charge >= 0.3 is 0 Å². The quantitative estimate of drug-likeness (QED) is 0.618. The fraction of sp³-hybridized carbons (Fsp3) is 0.500. The van der Waals surface area contributed by atoms with Crippen molar-refractivity contribution in [2.75, 3.05) is 6.67 Å². The maximum absolute atomic E-state index is 5.55. The summed E-state index contributed by atoms with van der Waals surface area (Å²) in [6.07, 6.45) is 2.48. The molecule has 0 atom stereocenters. The summed E-state index contributed by atoms with van der Waals surface area (Å²) in [4.78, 5) is 8.44. The second-order valence-corrected chi connectivity index (χ2v) is 2.99. The molecule has 58 valence electrons. The highest BCUT2D eigenvalue weighted by atomic mass is 15.0. The normalized spacial score (nSPS) is 22.9. The Morgan fingerprint density at radius 3 is 2.73 bits per heavy atom. The molecule has 0 spiro atoms. The Morgan fingerprint density at radius 1 is 1.45 bits per heavy atom. The summed E-state index contributed by atoms with van der Waals surface area (Å²) in [5, 5.41) is 0. The van der Waals surface area contributed by atoms with Crippen molar-refractivity contribution in [3.05, 3.63) is 12.3 Å². The van der Waals surface area contributed by atoms with Gasteiger partial charge in [0.1, 0.15) is 12.4 Å². The van der Waals surface area contributed by atoms with Gasteiger partial charge in [0.05, 0.1) is 11.4 Å². The number of nitrogens with zero attached hydrogens (tertiary/aromatic N) is 2. The van der Waals surface area contributed by atoms with Gasteiger partial charge in [-0.1, -0.05) is 6.58 Å². The zero-order valence-corrected chi connectivity index (χ0v) is 6.38. The molecule has 1 saturated carbocycles. The van der Waals surface area contributed by atoms with E-state index < -0.39 is 0 Å². The highest BCUT2D eigenvalue weighted by molar-refractivity contribution is 6.49. The molecular formula is C8H11N3. The van der Waals surface area contributed by atoms with Crippen molar-refractivity contribution in [1.82, 2.24) is 0 Å². The first kappa shape index (κ1) is 6.58. The Labute approximate surface area is 65.7 Å². The number of hydrogen-bond donors (Lipinski definition) is 1. The van der Waals surface area contributed by atoms with Gasteiger partial charge < -0.3 is 5.73 Å². The van der Waals surface area contributed by atoms with Crippen LogP contribution in [0.2, 0.25) is 0 Å². The minimum Gasteiger partial charge on any atom is -0.397 e. The third-order valence-corrected chi connectivity index (χ3v) is 1.98. The number of allylic oxidation sites excluding steroid dienone is 1. The Bertz CT molecular complexity index is 259. The molecule has 2 aliphatic rings. The van der Waals surface area contributed by atoms with Crippen molar-refractivity contribution < 1.29 is 0 Å². The largest absolute Gasteiger partial charge is 0.397 e. The summed E-state index contributed by atoms with van der Waals surface area (Å²) < 4.78 is 0. The summed E-state index contributed by atoms with van der Waals surface area (Å²) in [6.45, 7) is 4.22. The van der Waals surface area contributed by atoms with Crippen molar-refractivity contribution in [3.8, 4) is 0 Å². The SMILES string of the molecule is C=C(N)C1=NCN=C1C1CC1. The minimum absolute atomic E-state index is 0.553. The highest BCUT2D eigenvalue weighted by Crippen LogP contribution is 2.32. The first-order valence-electron chi connectivity index (χ1n) is 3.83. The zero-order chi connectivity index (χ0) is 7.84. The van der Waals surface area contributed by atoms with E-state index in [2.05, 4.69) is 16.6 Å². The highest BCUT2D eigenvalue weighted by Gasteiger charge is 2.32. The van der Waals surface area contributed by atoms with Crippen molar-refractivity contribution >= 4 is 11.4 Å². The van der Waals surface area contributed by atoms with E-state index in [-0.39, 0.29) is 0 Å². The van der Waals surface area contributed by atoms with Gasteiger partial charge in [-0.15, -0.1) is 0 Å². The van der Waals surface area contributed by atoms with Gasteiger partial charge in [-0.05, 0) is 12.8 Å². The molecule has 2 N–H and O–H groups in total. The fourth-order valence-electron chi connectivity index (χ4n) is 1.28. The Hall–Kier alpha value is -1.12. The molecule has 0 aromatic rings. The van der Waals surface area contributed by atoms with Crippen LogP contribution in [0.1, 0.15) is 12.8 Å². The van der Waals surface area contributed by atoms with Crippen LogP contribution in [0.15, 0.2) is 22.3 Å². The third-order valence-electron chi connectivity index (χ3n) is 1.98. The molecule has 0 radical (unpaired) electrons. The van der Waals surface area contributed by atoms with Crippen LogP contribution in [0.4, 0.5) is 0 Å². The molecule has 1 fully saturated rings. The van der Waals surface area contributed by atoms with E-state index in [1.165, 1.54) is 12.8 Å². The summed E-state index contributed by atoms with van der Waals surface area (Å²) in [5.74, 6) is 0.636. The number of hydrogen-bond acceptors (Lipinski definition) is 3. The molecular weight excluding hydrogens is 138 g/mol. The first-order valence-corrected chi connectivity index (χ1v) is 3.83. The van der Waals surface area contributed by atoms with E-state index in [1.807, 2.05) is 0 Å². The fourth-order valence-corrected chi connectivity index (χ4v) is 1.28. The molecule has 0 bridgehead atoms. The summed E-state index contributed by atoms with van der Waals surface area (Å²) in [5.41, 5.74) is 8.06. The topological polar surface area (TPSA) is 50.7 Å². The molecule has 11 heavy (non-hydrogen) atoms.